The number of nitro benzene ring substituents is 1. The molecule has 0 bridgehead atoms. The second-order valence-electron chi connectivity index (χ2n) is 2.47. The number of benzene rings is 1. The summed E-state index contributed by atoms with van der Waals surface area (Å²) in [4.78, 5) is 10.3. The zero-order valence-electron chi connectivity index (χ0n) is 7.27. The number of nitro groups is 1. The van der Waals surface area contributed by atoms with Crippen molar-refractivity contribution in [3.8, 4) is 0 Å². The van der Waals surface area contributed by atoms with E-state index >= 15 is 0 Å². The van der Waals surface area contributed by atoms with E-state index in [1.165, 1.54) is 17.8 Å². The normalized spacial score (nSPS) is 9.79. The average Bonchev–Trinajstić information content (AvgIpc) is 2.14. The predicted octanol–water partition coefficient (Wildman–Crippen LogP) is 3.01. The third-order valence-corrected chi connectivity index (χ3v) is 2.52. The topological polar surface area (TPSA) is 43.1 Å². The molecule has 0 saturated carbocycles. The summed E-state index contributed by atoms with van der Waals surface area (Å²) in [6, 6.07) is 3.41. The Balaban J connectivity index is 3.02. The Morgan fingerprint density at radius 3 is 2.93 bits per heavy atom. The van der Waals surface area contributed by atoms with Crippen molar-refractivity contribution in [1.29, 1.82) is 0 Å². The molecule has 1 rings (SSSR count). The highest BCUT2D eigenvalue weighted by Gasteiger charge is 2.13. The minimum atomic E-state index is -0.523. The van der Waals surface area contributed by atoms with Crippen LogP contribution in [-0.4, -0.2) is 10.7 Å². The van der Waals surface area contributed by atoms with Crippen LogP contribution in [-0.2, 0) is 0 Å². The Morgan fingerprint density at radius 2 is 2.36 bits per heavy atom. The van der Waals surface area contributed by atoms with Gasteiger partial charge in [0.1, 0.15) is 5.82 Å². The molecule has 0 unspecified atom stereocenters. The molecule has 0 spiro atoms. The van der Waals surface area contributed by atoms with Crippen molar-refractivity contribution in [2.45, 2.75) is 4.90 Å². The summed E-state index contributed by atoms with van der Waals surface area (Å²) in [5.74, 6) is 0.0479. The maximum Gasteiger partial charge on any atom is 0.283 e. The fraction of sp³-hybridized carbons (Fsp3) is 0.111. The first-order valence-corrected chi connectivity index (χ1v) is 4.81. The minimum absolute atomic E-state index is 0.0711. The van der Waals surface area contributed by atoms with Gasteiger partial charge in [-0.25, -0.2) is 4.39 Å². The average molecular weight is 213 g/mol. The minimum Gasteiger partial charge on any atom is -0.258 e. The highest BCUT2D eigenvalue weighted by molar-refractivity contribution is 7.99. The molecule has 0 amide bonds. The Hall–Kier alpha value is -1.36. The van der Waals surface area contributed by atoms with E-state index in [4.69, 9.17) is 0 Å². The van der Waals surface area contributed by atoms with E-state index in [9.17, 15) is 14.5 Å². The van der Waals surface area contributed by atoms with E-state index in [1.807, 2.05) is 0 Å². The molecule has 0 fully saturated rings. The molecule has 0 aliphatic rings. The summed E-state index contributed by atoms with van der Waals surface area (Å²) >= 11 is 1.19. The van der Waals surface area contributed by atoms with E-state index in [2.05, 4.69) is 6.58 Å². The summed E-state index contributed by atoms with van der Waals surface area (Å²) < 4.78 is 12.8. The molecular formula is C9H8FNO2S. The molecule has 0 saturated heterocycles. The van der Waals surface area contributed by atoms with Crippen LogP contribution in [0.2, 0.25) is 0 Å². The van der Waals surface area contributed by atoms with Gasteiger partial charge in [-0.1, -0.05) is 6.08 Å². The quantitative estimate of drug-likeness (QED) is 0.334. The van der Waals surface area contributed by atoms with E-state index in [0.29, 0.717) is 10.6 Å². The van der Waals surface area contributed by atoms with Gasteiger partial charge in [0.15, 0.2) is 0 Å². The SMILES string of the molecule is C=CCSc1cc(F)ccc1[N+](=O)[O-]. The van der Waals surface area contributed by atoms with Crippen LogP contribution in [0.4, 0.5) is 10.1 Å². The first-order chi connectivity index (χ1) is 6.65. The van der Waals surface area contributed by atoms with Gasteiger partial charge in [0, 0.05) is 11.8 Å². The van der Waals surface area contributed by atoms with E-state index in [0.717, 1.165) is 12.1 Å². The van der Waals surface area contributed by atoms with Crippen LogP contribution in [0.3, 0.4) is 0 Å². The number of thioether (sulfide) groups is 1. The molecule has 0 atom stereocenters. The lowest BCUT2D eigenvalue weighted by Crippen LogP contribution is -1.91. The van der Waals surface area contributed by atoms with Crippen molar-refractivity contribution in [2.24, 2.45) is 0 Å². The lowest BCUT2D eigenvalue weighted by Gasteiger charge is -2.00. The maximum absolute atomic E-state index is 12.8. The van der Waals surface area contributed by atoms with Crippen LogP contribution >= 0.6 is 11.8 Å². The smallest absolute Gasteiger partial charge is 0.258 e. The van der Waals surface area contributed by atoms with Gasteiger partial charge in [-0.15, -0.1) is 18.3 Å². The standard InChI is InChI=1S/C9H8FNO2S/c1-2-5-14-9-6-7(10)3-4-8(9)11(12)13/h2-4,6H,1,5H2. The third-order valence-electron chi connectivity index (χ3n) is 1.48. The van der Waals surface area contributed by atoms with Gasteiger partial charge in [0.25, 0.3) is 5.69 Å². The highest BCUT2D eigenvalue weighted by Crippen LogP contribution is 2.29. The molecule has 1 aromatic rings. The van der Waals surface area contributed by atoms with E-state index in [1.54, 1.807) is 6.08 Å². The second kappa shape index (κ2) is 4.76. The maximum atomic E-state index is 12.8. The van der Waals surface area contributed by atoms with Crippen molar-refractivity contribution in [1.82, 2.24) is 0 Å². The summed E-state index contributed by atoms with van der Waals surface area (Å²) in [6.07, 6.45) is 1.61. The molecule has 5 heteroatoms. The van der Waals surface area contributed by atoms with Crippen LogP contribution < -0.4 is 0 Å². The summed E-state index contributed by atoms with van der Waals surface area (Å²) in [7, 11) is 0. The Labute approximate surface area is 84.8 Å². The number of hydrogen-bond donors (Lipinski definition) is 0. The van der Waals surface area contributed by atoms with Crippen molar-refractivity contribution in [2.75, 3.05) is 5.75 Å². The zero-order chi connectivity index (χ0) is 10.6. The van der Waals surface area contributed by atoms with Gasteiger partial charge in [0.05, 0.1) is 9.82 Å². The van der Waals surface area contributed by atoms with Gasteiger partial charge in [0.2, 0.25) is 0 Å². The lowest BCUT2D eigenvalue weighted by atomic mass is 10.3. The Bertz CT molecular complexity index is 368. The summed E-state index contributed by atoms with van der Waals surface area (Å²) in [5.41, 5.74) is -0.0711. The number of halogens is 1. The molecule has 0 aliphatic heterocycles. The number of hydrogen-bond acceptors (Lipinski definition) is 3. The van der Waals surface area contributed by atoms with Crippen LogP contribution in [0, 0.1) is 15.9 Å². The molecule has 74 valence electrons. The van der Waals surface area contributed by atoms with Crippen molar-refractivity contribution < 1.29 is 9.31 Å². The molecule has 3 nitrogen and oxygen atoms in total. The fourth-order valence-corrected chi connectivity index (χ4v) is 1.69. The van der Waals surface area contributed by atoms with Crippen molar-refractivity contribution in [3.63, 3.8) is 0 Å². The number of rotatable bonds is 4. The van der Waals surface area contributed by atoms with Gasteiger partial charge in [-0.2, -0.15) is 0 Å². The van der Waals surface area contributed by atoms with Gasteiger partial charge >= 0.3 is 0 Å². The van der Waals surface area contributed by atoms with Gasteiger partial charge in [-0.05, 0) is 12.1 Å². The molecule has 1 aromatic carbocycles. The fourth-order valence-electron chi connectivity index (χ4n) is 0.903. The van der Waals surface area contributed by atoms with Crippen LogP contribution in [0.25, 0.3) is 0 Å². The Kier molecular flexibility index (Phi) is 3.64. The largest absolute Gasteiger partial charge is 0.283 e. The summed E-state index contributed by atoms with van der Waals surface area (Å²) in [6.45, 7) is 3.49. The van der Waals surface area contributed by atoms with Crippen LogP contribution in [0.15, 0.2) is 35.7 Å². The van der Waals surface area contributed by atoms with E-state index in [-0.39, 0.29) is 5.69 Å². The van der Waals surface area contributed by atoms with Gasteiger partial charge < -0.3 is 0 Å². The Morgan fingerprint density at radius 1 is 1.64 bits per heavy atom. The molecule has 0 aliphatic carbocycles. The number of nitrogens with zero attached hydrogens (tertiary/aromatic N) is 1. The molecule has 14 heavy (non-hydrogen) atoms. The highest BCUT2D eigenvalue weighted by atomic mass is 32.2. The van der Waals surface area contributed by atoms with Gasteiger partial charge in [-0.3, -0.25) is 10.1 Å². The molecule has 0 N–H and O–H groups in total. The van der Waals surface area contributed by atoms with Crippen LogP contribution in [0.1, 0.15) is 0 Å². The first-order valence-electron chi connectivity index (χ1n) is 3.83. The first kappa shape index (κ1) is 10.7. The summed E-state index contributed by atoms with van der Waals surface area (Å²) in [5, 5.41) is 10.5. The zero-order valence-corrected chi connectivity index (χ0v) is 8.09. The second-order valence-corrected chi connectivity index (χ2v) is 3.53. The molecule has 0 aromatic heterocycles. The lowest BCUT2D eigenvalue weighted by molar-refractivity contribution is -0.387. The monoisotopic (exact) mass is 213 g/mol. The van der Waals surface area contributed by atoms with Crippen molar-refractivity contribution >= 4 is 17.4 Å². The molecule has 0 heterocycles. The molecule has 0 radical (unpaired) electrons. The van der Waals surface area contributed by atoms with Crippen LogP contribution in [0.5, 0.6) is 0 Å². The molecular weight excluding hydrogens is 205 g/mol. The van der Waals surface area contributed by atoms with E-state index < -0.39 is 10.7 Å². The predicted molar refractivity (Wildman–Crippen MR) is 54.0 cm³/mol. The third kappa shape index (κ3) is 2.56. The van der Waals surface area contributed by atoms with Crippen molar-refractivity contribution in [3.05, 3.63) is 46.8 Å².